The molecule has 3 aromatic carbocycles. The monoisotopic (exact) mass is 388 g/mol. The minimum atomic E-state index is -4.93. The number of ether oxygens (including phenoxy) is 2. The van der Waals surface area contributed by atoms with E-state index >= 15 is 0 Å². The molecule has 0 atom stereocenters. The predicted octanol–water partition coefficient (Wildman–Crippen LogP) is 5.53. The van der Waals surface area contributed by atoms with Crippen LogP contribution in [0.5, 0.6) is 11.5 Å². The third kappa shape index (κ3) is 5.03. The molecule has 0 unspecified atom stereocenters. The zero-order chi connectivity index (χ0) is 20.1. The first-order chi connectivity index (χ1) is 13.3. The maximum Gasteiger partial charge on any atom is 0.573 e. The summed E-state index contributed by atoms with van der Waals surface area (Å²) < 4.78 is 47.5. The van der Waals surface area contributed by atoms with E-state index in [1.165, 1.54) is 6.07 Å². The number of halogens is 3. The predicted molar refractivity (Wildman–Crippen MR) is 96.3 cm³/mol. The summed E-state index contributed by atoms with van der Waals surface area (Å²) in [6.07, 6.45) is -4.93. The fourth-order valence-electron chi connectivity index (χ4n) is 2.64. The molecule has 0 aliphatic carbocycles. The molecule has 0 aliphatic heterocycles. The standard InChI is InChI=1S/C21H15F3O4/c22-21(23,24)28-17-11-15(10-16(12-17)20(25)26)18-8-4-5-9-19(18)27-13-14-6-2-1-3-7-14/h1-12H,13H2,(H,25,26). The second-order valence-corrected chi connectivity index (χ2v) is 5.87. The molecule has 144 valence electrons. The molecular formula is C21H15F3O4. The van der Waals surface area contributed by atoms with E-state index in [2.05, 4.69) is 4.74 Å². The van der Waals surface area contributed by atoms with E-state index in [9.17, 15) is 23.1 Å². The van der Waals surface area contributed by atoms with Crippen LogP contribution >= 0.6 is 0 Å². The molecule has 0 amide bonds. The van der Waals surface area contributed by atoms with E-state index < -0.39 is 18.1 Å². The summed E-state index contributed by atoms with van der Waals surface area (Å²) in [5.74, 6) is -1.57. The molecule has 3 aromatic rings. The Morgan fingerprint density at radius 2 is 1.61 bits per heavy atom. The third-order valence-electron chi connectivity index (χ3n) is 3.82. The maximum absolute atomic E-state index is 12.6. The number of alkyl halides is 3. The highest BCUT2D eigenvalue weighted by atomic mass is 19.4. The van der Waals surface area contributed by atoms with E-state index in [-0.39, 0.29) is 17.7 Å². The van der Waals surface area contributed by atoms with Crippen molar-refractivity contribution in [3.63, 3.8) is 0 Å². The first-order valence-electron chi connectivity index (χ1n) is 8.22. The minimum Gasteiger partial charge on any atom is -0.488 e. The number of carboxylic acid groups (broad SMARTS) is 1. The van der Waals surface area contributed by atoms with Gasteiger partial charge in [-0.1, -0.05) is 48.5 Å². The van der Waals surface area contributed by atoms with Gasteiger partial charge >= 0.3 is 12.3 Å². The van der Waals surface area contributed by atoms with E-state index in [0.29, 0.717) is 11.3 Å². The Balaban J connectivity index is 1.97. The Bertz CT molecular complexity index is 969. The Morgan fingerprint density at radius 1 is 0.929 bits per heavy atom. The summed E-state index contributed by atoms with van der Waals surface area (Å²) in [7, 11) is 0. The summed E-state index contributed by atoms with van der Waals surface area (Å²) in [6, 6.07) is 19.3. The number of benzene rings is 3. The van der Waals surface area contributed by atoms with Crippen LogP contribution in [-0.4, -0.2) is 17.4 Å². The van der Waals surface area contributed by atoms with Gasteiger partial charge in [-0.25, -0.2) is 4.79 Å². The van der Waals surface area contributed by atoms with Crippen molar-refractivity contribution >= 4 is 5.97 Å². The van der Waals surface area contributed by atoms with Gasteiger partial charge in [0.25, 0.3) is 0 Å². The van der Waals surface area contributed by atoms with Crippen molar-refractivity contribution in [2.24, 2.45) is 0 Å². The van der Waals surface area contributed by atoms with E-state index in [4.69, 9.17) is 4.74 Å². The highest BCUT2D eigenvalue weighted by Gasteiger charge is 2.31. The fourth-order valence-corrected chi connectivity index (χ4v) is 2.64. The van der Waals surface area contributed by atoms with Crippen LogP contribution in [0, 0.1) is 0 Å². The van der Waals surface area contributed by atoms with Crippen molar-refractivity contribution in [2.45, 2.75) is 13.0 Å². The van der Waals surface area contributed by atoms with Crippen molar-refractivity contribution in [1.29, 1.82) is 0 Å². The van der Waals surface area contributed by atoms with Gasteiger partial charge in [0, 0.05) is 5.56 Å². The Kier molecular flexibility index (Phi) is 5.54. The SMILES string of the molecule is O=C(O)c1cc(OC(F)(F)F)cc(-c2ccccc2OCc2ccccc2)c1. The van der Waals surface area contributed by atoms with Crippen LogP contribution in [0.3, 0.4) is 0 Å². The number of rotatable bonds is 6. The van der Waals surface area contributed by atoms with Crippen molar-refractivity contribution in [3.8, 4) is 22.6 Å². The molecule has 0 spiro atoms. The number of carboxylic acids is 1. The average molecular weight is 388 g/mol. The lowest BCUT2D eigenvalue weighted by atomic mass is 10.0. The molecule has 0 radical (unpaired) electrons. The second kappa shape index (κ2) is 8.04. The zero-order valence-corrected chi connectivity index (χ0v) is 14.4. The summed E-state index contributed by atoms with van der Waals surface area (Å²) in [4.78, 5) is 11.3. The summed E-state index contributed by atoms with van der Waals surface area (Å²) in [5, 5.41) is 9.23. The van der Waals surface area contributed by atoms with Crippen LogP contribution in [0.1, 0.15) is 15.9 Å². The second-order valence-electron chi connectivity index (χ2n) is 5.87. The molecule has 1 N–H and O–H groups in total. The van der Waals surface area contributed by atoms with Gasteiger partial charge in [-0.15, -0.1) is 13.2 Å². The molecule has 0 aromatic heterocycles. The quantitative estimate of drug-likeness (QED) is 0.603. The van der Waals surface area contributed by atoms with E-state index in [1.807, 2.05) is 30.3 Å². The summed E-state index contributed by atoms with van der Waals surface area (Å²) in [6.45, 7) is 0.252. The topological polar surface area (TPSA) is 55.8 Å². The smallest absolute Gasteiger partial charge is 0.488 e. The van der Waals surface area contributed by atoms with Crippen LogP contribution in [0.4, 0.5) is 13.2 Å². The van der Waals surface area contributed by atoms with Gasteiger partial charge in [0.1, 0.15) is 18.1 Å². The van der Waals surface area contributed by atoms with Crippen molar-refractivity contribution in [3.05, 3.63) is 83.9 Å². The summed E-state index contributed by atoms with van der Waals surface area (Å²) in [5.41, 5.74) is 1.28. The number of aromatic carboxylic acids is 1. The Morgan fingerprint density at radius 3 is 2.29 bits per heavy atom. The lowest BCUT2D eigenvalue weighted by Crippen LogP contribution is -2.17. The normalized spacial score (nSPS) is 11.1. The molecule has 7 heteroatoms. The number of para-hydroxylation sites is 1. The van der Waals surface area contributed by atoms with Gasteiger partial charge in [0.15, 0.2) is 0 Å². The first kappa shape index (κ1) is 19.3. The fraction of sp³-hybridized carbons (Fsp3) is 0.0952. The zero-order valence-electron chi connectivity index (χ0n) is 14.4. The van der Waals surface area contributed by atoms with Gasteiger partial charge in [-0.3, -0.25) is 0 Å². The molecule has 0 saturated carbocycles. The molecule has 3 rings (SSSR count). The Hall–Kier alpha value is -3.48. The number of hydrogen-bond donors (Lipinski definition) is 1. The molecular weight excluding hydrogens is 373 g/mol. The molecule has 0 saturated heterocycles. The molecule has 28 heavy (non-hydrogen) atoms. The molecule has 0 fully saturated rings. The molecule has 0 aliphatic rings. The van der Waals surface area contributed by atoms with Gasteiger partial charge in [0.05, 0.1) is 5.56 Å². The highest BCUT2D eigenvalue weighted by molar-refractivity contribution is 5.90. The van der Waals surface area contributed by atoms with Gasteiger partial charge < -0.3 is 14.6 Å². The van der Waals surface area contributed by atoms with Gasteiger partial charge in [-0.2, -0.15) is 0 Å². The van der Waals surface area contributed by atoms with Crippen molar-refractivity contribution in [1.82, 2.24) is 0 Å². The van der Waals surface area contributed by atoms with Crippen LogP contribution in [-0.2, 0) is 6.61 Å². The Labute approximate surface area is 158 Å². The van der Waals surface area contributed by atoms with Crippen molar-refractivity contribution in [2.75, 3.05) is 0 Å². The molecule has 4 nitrogen and oxygen atoms in total. The van der Waals surface area contributed by atoms with Gasteiger partial charge in [0.2, 0.25) is 0 Å². The first-order valence-corrected chi connectivity index (χ1v) is 8.22. The van der Waals surface area contributed by atoms with Gasteiger partial charge in [-0.05, 0) is 35.4 Å². The van der Waals surface area contributed by atoms with E-state index in [0.717, 1.165) is 17.7 Å². The van der Waals surface area contributed by atoms with Crippen LogP contribution in [0.2, 0.25) is 0 Å². The van der Waals surface area contributed by atoms with Crippen LogP contribution in [0.15, 0.2) is 72.8 Å². The number of carbonyl (C=O) groups is 1. The average Bonchev–Trinajstić information content (AvgIpc) is 2.66. The number of hydrogen-bond acceptors (Lipinski definition) is 3. The maximum atomic E-state index is 12.6. The van der Waals surface area contributed by atoms with Crippen LogP contribution < -0.4 is 9.47 Å². The largest absolute Gasteiger partial charge is 0.573 e. The molecule has 0 heterocycles. The van der Waals surface area contributed by atoms with Crippen LogP contribution in [0.25, 0.3) is 11.1 Å². The highest BCUT2D eigenvalue weighted by Crippen LogP contribution is 2.35. The van der Waals surface area contributed by atoms with Crippen molar-refractivity contribution < 1.29 is 32.5 Å². The summed E-state index contributed by atoms with van der Waals surface area (Å²) >= 11 is 0. The lowest BCUT2D eigenvalue weighted by Gasteiger charge is -2.14. The third-order valence-corrected chi connectivity index (χ3v) is 3.82. The minimum absolute atomic E-state index is 0.239. The lowest BCUT2D eigenvalue weighted by molar-refractivity contribution is -0.274. The molecule has 0 bridgehead atoms. The van der Waals surface area contributed by atoms with E-state index in [1.54, 1.807) is 24.3 Å².